The Bertz CT molecular complexity index is 2980. The van der Waals surface area contributed by atoms with Crippen LogP contribution >= 0.6 is 11.3 Å². The first-order valence-corrected chi connectivity index (χ1v) is 20.8. The van der Waals surface area contributed by atoms with Crippen molar-refractivity contribution in [2.45, 2.75) is 37.5 Å². The summed E-state index contributed by atoms with van der Waals surface area (Å²) in [4.78, 5) is 0. The zero-order valence-corrected chi connectivity index (χ0v) is 31.0. The third-order valence-corrected chi connectivity index (χ3v) is 15.5. The van der Waals surface area contributed by atoms with Crippen molar-refractivity contribution >= 4 is 53.3 Å². The molecule has 4 bridgehead atoms. The van der Waals surface area contributed by atoms with Crippen LogP contribution < -0.4 is 0 Å². The Labute approximate surface area is 319 Å². The lowest BCUT2D eigenvalue weighted by Gasteiger charge is -2.61. The molecule has 14 rings (SSSR count). The first-order chi connectivity index (χ1) is 26.7. The lowest BCUT2D eigenvalue weighted by Crippen LogP contribution is -2.55. The Hall–Kier alpha value is -5.44. The van der Waals surface area contributed by atoms with Crippen LogP contribution in [-0.4, -0.2) is 4.57 Å². The van der Waals surface area contributed by atoms with Crippen LogP contribution in [0.15, 0.2) is 152 Å². The molecule has 1 spiro atoms. The number of hydrogen-bond acceptors (Lipinski definition) is 1. The van der Waals surface area contributed by atoms with Crippen LogP contribution in [-0.2, 0) is 5.41 Å². The fraction of sp³-hybridized carbons (Fsp3) is 0.192. The maximum absolute atomic E-state index is 2.62. The van der Waals surface area contributed by atoms with Crippen molar-refractivity contribution in [3.05, 3.63) is 163 Å². The Morgan fingerprint density at radius 3 is 1.85 bits per heavy atom. The summed E-state index contributed by atoms with van der Waals surface area (Å²) in [6.45, 7) is 0. The highest BCUT2D eigenvalue weighted by Gasteiger charge is 2.61. The summed E-state index contributed by atoms with van der Waals surface area (Å²) >= 11 is 1.88. The summed E-state index contributed by atoms with van der Waals surface area (Å²) in [6.07, 6.45) is 7.16. The van der Waals surface area contributed by atoms with Crippen molar-refractivity contribution in [1.82, 2.24) is 4.57 Å². The molecule has 7 aromatic carbocycles. The van der Waals surface area contributed by atoms with E-state index in [0.717, 1.165) is 23.7 Å². The molecule has 4 fully saturated rings. The van der Waals surface area contributed by atoms with Gasteiger partial charge in [-0.3, -0.25) is 0 Å². The zero-order chi connectivity index (χ0) is 35.1. The van der Waals surface area contributed by atoms with Gasteiger partial charge in [0.25, 0.3) is 0 Å². The second kappa shape index (κ2) is 10.8. The maximum Gasteiger partial charge on any atom is 0.0541 e. The summed E-state index contributed by atoms with van der Waals surface area (Å²) in [6, 6.07) is 58.0. The van der Waals surface area contributed by atoms with E-state index in [1.54, 1.807) is 11.1 Å². The van der Waals surface area contributed by atoms with E-state index < -0.39 is 0 Å². The molecule has 0 saturated heterocycles. The highest BCUT2D eigenvalue weighted by Crippen LogP contribution is 2.69. The fourth-order valence-corrected chi connectivity index (χ4v) is 13.6. The molecule has 0 aliphatic heterocycles. The van der Waals surface area contributed by atoms with E-state index in [1.807, 2.05) is 11.3 Å². The van der Waals surface area contributed by atoms with Gasteiger partial charge in [-0.2, -0.15) is 0 Å². The Morgan fingerprint density at radius 1 is 0.426 bits per heavy atom. The monoisotopic (exact) mass is 709 g/mol. The van der Waals surface area contributed by atoms with Crippen molar-refractivity contribution in [2.24, 2.45) is 23.7 Å². The SMILES string of the molecule is c1ccc2c(c1)-c1ccc(-c3ccc(-n4c5ccccc5c5cc(-c6ccc7sc8ccccc8c7c6)ccc54)cc3)cc1C21C2CC3CC(C2)CC1C3. The second-order valence-electron chi connectivity index (χ2n) is 16.9. The highest BCUT2D eigenvalue weighted by atomic mass is 32.1. The van der Waals surface area contributed by atoms with Gasteiger partial charge in [-0.1, -0.05) is 97.1 Å². The topological polar surface area (TPSA) is 4.93 Å². The molecule has 9 aromatic rings. The Balaban J connectivity index is 0.905. The van der Waals surface area contributed by atoms with E-state index in [0.29, 0.717) is 0 Å². The number of thiophene rings is 1. The van der Waals surface area contributed by atoms with Crippen molar-refractivity contribution in [3.63, 3.8) is 0 Å². The molecule has 0 radical (unpaired) electrons. The molecule has 54 heavy (non-hydrogen) atoms. The smallest absolute Gasteiger partial charge is 0.0541 e. The van der Waals surface area contributed by atoms with Crippen LogP contribution in [0.1, 0.15) is 43.2 Å². The molecular weight excluding hydrogens is 671 g/mol. The molecular formula is C52H39NS. The van der Waals surface area contributed by atoms with Gasteiger partial charge in [0.2, 0.25) is 0 Å². The maximum atomic E-state index is 2.62. The molecule has 1 nitrogen and oxygen atoms in total. The summed E-state index contributed by atoms with van der Waals surface area (Å²) in [7, 11) is 0. The van der Waals surface area contributed by atoms with Crippen LogP contribution in [0.5, 0.6) is 0 Å². The lowest BCUT2D eigenvalue weighted by atomic mass is 9.43. The van der Waals surface area contributed by atoms with Crippen molar-refractivity contribution in [2.75, 3.05) is 0 Å². The Kier molecular flexibility index (Phi) is 6.01. The largest absolute Gasteiger partial charge is 0.309 e. The minimum Gasteiger partial charge on any atom is -0.309 e. The summed E-state index contributed by atoms with van der Waals surface area (Å²) in [5.41, 5.74) is 15.3. The minimum atomic E-state index is 0.195. The predicted octanol–water partition coefficient (Wildman–Crippen LogP) is 14.2. The van der Waals surface area contributed by atoms with E-state index >= 15 is 0 Å². The average molecular weight is 710 g/mol. The van der Waals surface area contributed by atoms with Crippen LogP contribution in [0.2, 0.25) is 0 Å². The van der Waals surface area contributed by atoms with Crippen LogP contribution in [0, 0.1) is 23.7 Å². The van der Waals surface area contributed by atoms with Crippen molar-refractivity contribution in [3.8, 4) is 39.1 Å². The normalized spacial score (nSPS) is 23.6. The lowest BCUT2D eigenvalue weighted by molar-refractivity contribution is -0.0399. The Morgan fingerprint density at radius 2 is 1.02 bits per heavy atom. The summed E-state index contributed by atoms with van der Waals surface area (Å²) < 4.78 is 5.15. The number of hydrogen-bond donors (Lipinski definition) is 0. The van der Waals surface area contributed by atoms with Gasteiger partial charge in [0.15, 0.2) is 0 Å². The molecule has 0 unspecified atom stereocenters. The van der Waals surface area contributed by atoms with Crippen LogP contribution in [0.25, 0.3) is 81.0 Å². The third kappa shape index (κ3) is 3.94. The van der Waals surface area contributed by atoms with Crippen LogP contribution in [0.3, 0.4) is 0 Å². The van der Waals surface area contributed by atoms with Gasteiger partial charge in [-0.05, 0) is 155 Å². The molecule has 2 heterocycles. The first-order valence-electron chi connectivity index (χ1n) is 20.0. The molecule has 4 saturated carbocycles. The molecule has 2 heteroatoms. The van der Waals surface area contributed by atoms with Crippen molar-refractivity contribution in [1.29, 1.82) is 0 Å². The van der Waals surface area contributed by atoms with E-state index in [-0.39, 0.29) is 5.41 Å². The van der Waals surface area contributed by atoms with E-state index in [4.69, 9.17) is 0 Å². The first kappa shape index (κ1) is 29.9. The molecule has 5 aliphatic rings. The molecule has 0 atom stereocenters. The van der Waals surface area contributed by atoms with Gasteiger partial charge in [-0.15, -0.1) is 11.3 Å². The molecule has 5 aliphatic carbocycles. The number of nitrogens with zero attached hydrogens (tertiary/aromatic N) is 1. The highest BCUT2D eigenvalue weighted by molar-refractivity contribution is 7.25. The summed E-state index contributed by atoms with van der Waals surface area (Å²) in [5.74, 6) is 3.47. The van der Waals surface area contributed by atoms with Crippen LogP contribution in [0.4, 0.5) is 0 Å². The minimum absolute atomic E-state index is 0.195. The van der Waals surface area contributed by atoms with Gasteiger partial charge in [0.05, 0.1) is 11.0 Å². The quantitative estimate of drug-likeness (QED) is 0.172. The van der Waals surface area contributed by atoms with Crippen molar-refractivity contribution < 1.29 is 0 Å². The number of aromatic nitrogens is 1. The zero-order valence-electron chi connectivity index (χ0n) is 30.1. The molecule has 258 valence electrons. The standard InChI is InChI=1S/C52H39NS/c1-4-10-46-40(7-1)41-20-15-36(30-47(41)52(46)37-24-31-23-32(26-37)27-38(52)25-31)33-13-18-39(19-14-33)53-48-11-5-2-8-42(48)44-28-34(16-21-49(44)53)35-17-22-51-45(29-35)43-9-3-6-12-50(43)54-51/h1-22,28-32,37-38H,23-27H2. The molecule has 0 N–H and O–H groups in total. The molecule has 2 aromatic heterocycles. The number of rotatable bonds is 3. The van der Waals surface area contributed by atoms with Gasteiger partial charge in [-0.25, -0.2) is 0 Å². The predicted molar refractivity (Wildman–Crippen MR) is 228 cm³/mol. The molecule has 0 amide bonds. The third-order valence-electron chi connectivity index (χ3n) is 14.4. The van der Waals surface area contributed by atoms with E-state index in [2.05, 4.69) is 156 Å². The van der Waals surface area contributed by atoms with Gasteiger partial charge >= 0.3 is 0 Å². The second-order valence-corrected chi connectivity index (χ2v) is 18.0. The number of benzene rings is 7. The van der Waals surface area contributed by atoms with E-state index in [1.165, 1.54) is 113 Å². The number of fused-ring (bicyclic) bond motifs is 9. The van der Waals surface area contributed by atoms with E-state index in [9.17, 15) is 0 Å². The van der Waals surface area contributed by atoms with Gasteiger partial charge < -0.3 is 4.57 Å². The summed E-state index contributed by atoms with van der Waals surface area (Å²) in [5, 5.41) is 5.27. The van der Waals surface area contributed by atoms with Gasteiger partial charge in [0.1, 0.15) is 0 Å². The van der Waals surface area contributed by atoms with Gasteiger partial charge in [0, 0.05) is 42.0 Å². The average Bonchev–Trinajstić information content (AvgIpc) is 3.85. The fourth-order valence-electron chi connectivity index (χ4n) is 12.5. The number of para-hydroxylation sites is 1.